The van der Waals surface area contributed by atoms with Gasteiger partial charge in [0.2, 0.25) is 0 Å². The van der Waals surface area contributed by atoms with E-state index in [0.717, 1.165) is 22.3 Å². The first-order chi connectivity index (χ1) is 8.74. The first-order valence-electron chi connectivity index (χ1n) is 5.81. The largest absolute Gasteiger partial charge is 0.462 e. The highest BCUT2D eigenvalue weighted by Crippen LogP contribution is 2.33. The molecule has 2 aromatic rings. The number of hydrogen-bond donors (Lipinski definition) is 0. The van der Waals surface area contributed by atoms with Crippen molar-refractivity contribution in [1.29, 1.82) is 0 Å². The second-order valence-corrected chi connectivity index (χ2v) is 5.48. The zero-order valence-electron chi connectivity index (χ0n) is 9.87. The van der Waals surface area contributed by atoms with Crippen LogP contribution in [-0.2, 0) is 9.53 Å². The Morgan fingerprint density at radius 3 is 2.94 bits per heavy atom. The van der Waals surface area contributed by atoms with E-state index in [1.54, 1.807) is 0 Å². The number of esters is 1. The molecule has 1 aromatic carbocycles. The molecule has 2 heterocycles. The maximum absolute atomic E-state index is 11.6. The summed E-state index contributed by atoms with van der Waals surface area (Å²) in [5.41, 5.74) is 0.898. The fraction of sp³-hybridized carbons (Fsp3) is 0.308. The molecule has 0 unspecified atom stereocenters. The van der Waals surface area contributed by atoms with Crippen LogP contribution in [0.5, 0.6) is 0 Å². The minimum absolute atomic E-state index is 0.00287. The molecule has 2 atom stereocenters. The zero-order valence-corrected chi connectivity index (χ0v) is 10.7. The number of rotatable bonds is 2. The summed E-state index contributed by atoms with van der Waals surface area (Å²) in [4.78, 5) is 20.1. The predicted molar refractivity (Wildman–Crippen MR) is 69.4 cm³/mol. The summed E-state index contributed by atoms with van der Waals surface area (Å²) in [6, 6.07) is 7.80. The van der Waals surface area contributed by atoms with Crippen LogP contribution in [0.25, 0.3) is 10.9 Å². The number of thioether (sulfide) groups is 1. The monoisotopic (exact) mass is 260 g/mol. The lowest BCUT2D eigenvalue weighted by Gasteiger charge is -2.06. The lowest BCUT2D eigenvalue weighted by molar-refractivity contribution is -0.140. The van der Waals surface area contributed by atoms with Crippen LogP contribution in [0.15, 0.2) is 35.6 Å². The van der Waals surface area contributed by atoms with Gasteiger partial charge in [-0.05, 0) is 13.0 Å². The van der Waals surface area contributed by atoms with Gasteiger partial charge in [-0.3, -0.25) is 4.79 Å². The van der Waals surface area contributed by atoms with Crippen LogP contribution in [0.3, 0.4) is 0 Å². The molecule has 1 aliphatic rings. The molecule has 3 rings (SSSR count). The van der Waals surface area contributed by atoms with E-state index < -0.39 is 0 Å². The molecule has 0 bridgehead atoms. The summed E-state index contributed by atoms with van der Waals surface area (Å²) in [5.74, 6) is -0.143. The van der Waals surface area contributed by atoms with Gasteiger partial charge >= 0.3 is 5.97 Å². The quantitative estimate of drug-likeness (QED) is 0.613. The Kier molecular flexibility index (Phi) is 2.91. The normalized spacial score (nSPS) is 23.3. The third kappa shape index (κ3) is 2.06. The first kappa shape index (κ1) is 11.5. The topological polar surface area (TPSA) is 52.1 Å². The Morgan fingerprint density at radius 2 is 2.17 bits per heavy atom. The van der Waals surface area contributed by atoms with Crippen LogP contribution in [0.1, 0.15) is 13.3 Å². The van der Waals surface area contributed by atoms with Crippen molar-refractivity contribution in [2.45, 2.75) is 29.7 Å². The molecule has 4 nitrogen and oxygen atoms in total. The van der Waals surface area contributed by atoms with E-state index in [2.05, 4.69) is 9.97 Å². The second kappa shape index (κ2) is 4.57. The van der Waals surface area contributed by atoms with E-state index in [1.165, 1.54) is 18.1 Å². The number of benzene rings is 1. The van der Waals surface area contributed by atoms with Gasteiger partial charge in [0, 0.05) is 11.8 Å². The summed E-state index contributed by atoms with van der Waals surface area (Å²) < 4.78 is 5.15. The molecule has 0 aliphatic carbocycles. The number of carbonyl (C=O) groups is 1. The molecule has 1 fully saturated rings. The number of aromatic nitrogens is 2. The van der Waals surface area contributed by atoms with Gasteiger partial charge in [-0.15, -0.1) is 0 Å². The fourth-order valence-electron chi connectivity index (χ4n) is 2.02. The Hall–Kier alpha value is -1.62. The predicted octanol–water partition coefficient (Wildman–Crippen LogP) is 2.43. The molecule has 0 spiro atoms. The summed E-state index contributed by atoms with van der Waals surface area (Å²) in [5, 5.41) is 1.67. The average Bonchev–Trinajstić information content (AvgIpc) is 2.68. The van der Waals surface area contributed by atoms with Gasteiger partial charge in [-0.1, -0.05) is 30.0 Å². The average molecular weight is 260 g/mol. The van der Waals surface area contributed by atoms with E-state index in [4.69, 9.17) is 4.74 Å². The number of cyclic esters (lactones) is 1. The molecule has 18 heavy (non-hydrogen) atoms. The summed E-state index contributed by atoms with van der Waals surface area (Å²) in [7, 11) is 0. The van der Waals surface area contributed by atoms with Gasteiger partial charge in [-0.25, -0.2) is 9.97 Å². The number of fused-ring (bicyclic) bond motifs is 1. The summed E-state index contributed by atoms with van der Waals surface area (Å²) >= 11 is 1.47. The third-order valence-corrected chi connectivity index (χ3v) is 4.10. The van der Waals surface area contributed by atoms with Gasteiger partial charge in [0.05, 0.1) is 5.52 Å². The van der Waals surface area contributed by atoms with Gasteiger partial charge in [0.15, 0.2) is 0 Å². The molecular weight excluding hydrogens is 248 g/mol. The highest BCUT2D eigenvalue weighted by molar-refractivity contribution is 8.00. The Balaban J connectivity index is 1.93. The molecule has 92 valence electrons. The van der Waals surface area contributed by atoms with Crippen LogP contribution in [-0.4, -0.2) is 27.3 Å². The molecule has 1 saturated heterocycles. The third-order valence-electron chi connectivity index (χ3n) is 2.89. The van der Waals surface area contributed by atoms with Crippen molar-refractivity contribution >= 4 is 28.6 Å². The zero-order chi connectivity index (χ0) is 12.5. The molecule has 5 heteroatoms. The standard InChI is InChI=1S/C13H12N2O2S/c1-8-6-11(13(16)17-8)18-12-9-4-2-3-5-10(9)14-7-15-12/h2-5,7-8,11H,6H2,1H3/t8-,11-/m0/s1. The highest BCUT2D eigenvalue weighted by atomic mass is 32.2. The van der Waals surface area contributed by atoms with E-state index >= 15 is 0 Å². The van der Waals surface area contributed by atoms with Crippen LogP contribution in [0, 0.1) is 0 Å². The first-order valence-corrected chi connectivity index (χ1v) is 6.69. The number of ether oxygens (including phenoxy) is 1. The van der Waals surface area contributed by atoms with Crippen LogP contribution in [0.2, 0.25) is 0 Å². The van der Waals surface area contributed by atoms with E-state index in [9.17, 15) is 4.79 Å². The highest BCUT2D eigenvalue weighted by Gasteiger charge is 2.33. The van der Waals surface area contributed by atoms with Gasteiger partial charge in [-0.2, -0.15) is 0 Å². The number of nitrogens with zero attached hydrogens (tertiary/aromatic N) is 2. The van der Waals surface area contributed by atoms with E-state index in [0.29, 0.717) is 0 Å². The lowest BCUT2D eigenvalue weighted by atomic mass is 10.2. The van der Waals surface area contributed by atoms with Crippen LogP contribution in [0.4, 0.5) is 0 Å². The van der Waals surface area contributed by atoms with E-state index in [-0.39, 0.29) is 17.3 Å². The Labute approximate surface area is 109 Å². The lowest BCUT2D eigenvalue weighted by Crippen LogP contribution is -2.09. The molecule has 1 aromatic heterocycles. The number of hydrogen-bond acceptors (Lipinski definition) is 5. The van der Waals surface area contributed by atoms with Crippen molar-refractivity contribution in [3.63, 3.8) is 0 Å². The fourth-order valence-corrected chi connectivity index (χ4v) is 3.22. The van der Waals surface area contributed by atoms with Crippen molar-refractivity contribution < 1.29 is 9.53 Å². The van der Waals surface area contributed by atoms with Crippen LogP contribution < -0.4 is 0 Å². The summed E-state index contributed by atoms with van der Waals surface area (Å²) in [6.07, 6.45) is 2.28. The minimum atomic E-state index is -0.154. The SMILES string of the molecule is C[C@H]1C[C@H](Sc2ncnc3ccccc23)C(=O)O1. The number of para-hydroxylation sites is 1. The second-order valence-electron chi connectivity index (χ2n) is 4.29. The number of carbonyl (C=O) groups excluding carboxylic acids is 1. The van der Waals surface area contributed by atoms with Crippen molar-refractivity contribution in [2.24, 2.45) is 0 Å². The van der Waals surface area contributed by atoms with Crippen molar-refractivity contribution in [1.82, 2.24) is 9.97 Å². The van der Waals surface area contributed by atoms with Crippen molar-refractivity contribution in [2.75, 3.05) is 0 Å². The molecule has 0 N–H and O–H groups in total. The Bertz CT molecular complexity index is 597. The molecule has 0 radical (unpaired) electrons. The maximum atomic E-state index is 11.6. The van der Waals surface area contributed by atoms with Crippen molar-refractivity contribution in [3.8, 4) is 0 Å². The smallest absolute Gasteiger partial charge is 0.319 e. The molecule has 0 saturated carbocycles. The van der Waals surface area contributed by atoms with Crippen LogP contribution >= 0.6 is 11.8 Å². The maximum Gasteiger partial charge on any atom is 0.319 e. The van der Waals surface area contributed by atoms with Gasteiger partial charge < -0.3 is 4.74 Å². The molecule has 1 aliphatic heterocycles. The molecule has 0 amide bonds. The minimum Gasteiger partial charge on any atom is -0.462 e. The van der Waals surface area contributed by atoms with Gasteiger partial charge in [0.25, 0.3) is 0 Å². The van der Waals surface area contributed by atoms with Crippen molar-refractivity contribution in [3.05, 3.63) is 30.6 Å². The van der Waals surface area contributed by atoms with E-state index in [1.807, 2.05) is 31.2 Å². The Morgan fingerprint density at radius 1 is 1.33 bits per heavy atom. The summed E-state index contributed by atoms with van der Waals surface area (Å²) in [6.45, 7) is 1.91. The molecular formula is C13H12N2O2S. The van der Waals surface area contributed by atoms with Gasteiger partial charge in [0.1, 0.15) is 22.7 Å².